The van der Waals surface area contributed by atoms with Gasteiger partial charge in [-0.3, -0.25) is 0 Å². The van der Waals surface area contributed by atoms with Crippen molar-refractivity contribution >= 4 is 17.8 Å². The van der Waals surface area contributed by atoms with Gasteiger partial charge in [0, 0.05) is 17.3 Å². The fourth-order valence-electron chi connectivity index (χ4n) is 2.52. The molecule has 0 bridgehead atoms. The maximum absolute atomic E-state index is 5.62. The van der Waals surface area contributed by atoms with E-state index in [1.807, 2.05) is 11.8 Å². The van der Waals surface area contributed by atoms with Gasteiger partial charge in [0.25, 0.3) is 0 Å². The topological polar surface area (TPSA) is 63.0 Å². The molecular weight excluding hydrogens is 260 g/mol. The van der Waals surface area contributed by atoms with Crippen molar-refractivity contribution in [3.63, 3.8) is 0 Å². The molecule has 0 aromatic carbocycles. The maximum Gasteiger partial charge on any atom is 0.315 e. The summed E-state index contributed by atoms with van der Waals surface area (Å²) in [5.74, 6) is 0.687. The van der Waals surface area contributed by atoms with Crippen LogP contribution in [0.1, 0.15) is 44.4 Å². The standard InChI is InChI=1S/C13H22N4OS/c1-19-11-6-4-10(5-7-11)15-13-17-16-12(18-13)8-14-9-2-3-9/h9-11,14H,2-8H2,1H3,(H,15,17). The van der Waals surface area contributed by atoms with Gasteiger partial charge < -0.3 is 15.1 Å². The molecular formula is C13H22N4OS. The molecule has 0 amide bonds. The van der Waals surface area contributed by atoms with Crippen molar-refractivity contribution in [2.75, 3.05) is 11.6 Å². The van der Waals surface area contributed by atoms with E-state index in [2.05, 4.69) is 27.1 Å². The van der Waals surface area contributed by atoms with Crippen molar-refractivity contribution in [3.05, 3.63) is 5.89 Å². The molecule has 0 spiro atoms. The van der Waals surface area contributed by atoms with Crippen LogP contribution < -0.4 is 10.6 Å². The van der Waals surface area contributed by atoms with Crippen LogP contribution in [0.25, 0.3) is 0 Å². The van der Waals surface area contributed by atoms with E-state index in [1.54, 1.807) is 0 Å². The van der Waals surface area contributed by atoms with Crippen LogP contribution in [-0.2, 0) is 6.54 Å². The predicted octanol–water partition coefficient (Wildman–Crippen LogP) is 2.41. The summed E-state index contributed by atoms with van der Waals surface area (Å²) < 4.78 is 5.62. The highest BCUT2D eigenvalue weighted by molar-refractivity contribution is 7.99. The molecule has 2 saturated carbocycles. The van der Waals surface area contributed by atoms with Crippen molar-refractivity contribution < 1.29 is 4.42 Å². The first-order valence-corrected chi connectivity index (χ1v) is 8.47. The lowest BCUT2D eigenvalue weighted by Gasteiger charge is -2.27. The summed E-state index contributed by atoms with van der Waals surface area (Å²) in [5, 5.41) is 15.7. The number of nitrogens with one attached hydrogen (secondary N) is 2. The fourth-order valence-corrected chi connectivity index (χ4v) is 3.26. The molecule has 2 N–H and O–H groups in total. The minimum atomic E-state index is 0.494. The molecule has 0 saturated heterocycles. The minimum absolute atomic E-state index is 0.494. The number of rotatable bonds is 6. The SMILES string of the molecule is CSC1CCC(Nc2nnc(CNC3CC3)o2)CC1. The van der Waals surface area contributed by atoms with Crippen LogP contribution in [0.3, 0.4) is 0 Å². The Bertz CT molecular complexity index is 399. The Morgan fingerprint density at radius 2 is 1.84 bits per heavy atom. The molecule has 2 aliphatic rings. The van der Waals surface area contributed by atoms with E-state index in [-0.39, 0.29) is 0 Å². The molecule has 0 aliphatic heterocycles. The van der Waals surface area contributed by atoms with Crippen molar-refractivity contribution in [3.8, 4) is 0 Å². The van der Waals surface area contributed by atoms with Crippen LogP contribution in [0.15, 0.2) is 4.42 Å². The van der Waals surface area contributed by atoms with Gasteiger partial charge in [0.05, 0.1) is 6.54 Å². The van der Waals surface area contributed by atoms with E-state index < -0.39 is 0 Å². The normalized spacial score (nSPS) is 27.4. The first-order chi connectivity index (χ1) is 9.33. The summed E-state index contributed by atoms with van der Waals surface area (Å²) in [7, 11) is 0. The lowest BCUT2D eigenvalue weighted by Crippen LogP contribution is -2.27. The number of hydrogen-bond donors (Lipinski definition) is 2. The molecule has 0 unspecified atom stereocenters. The summed E-state index contributed by atoms with van der Waals surface area (Å²) in [6, 6.07) is 1.75. The minimum Gasteiger partial charge on any atom is -0.407 e. The highest BCUT2D eigenvalue weighted by Crippen LogP contribution is 2.28. The highest BCUT2D eigenvalue weighted by Gasteiger charge is 2.23. The number of aromatic nitrogens is 2. The molecule has 5 nitrogen and oxygen atoms in total. The molecule has 1 heterocycles. The number of anilines is 1. The zero-order valence-corrected chi connectivity index (χ0v) is 12.2. The van der Waals surface area contributed by atoms with Crippen LogP contribution in [0.5, 0.6) is 0 Å². The van der Waals surface area contributed by atoms with Gasteiger partial charge in [0.15, 0.2) is 0 Å². The molecule has 3 rings (SSSR count). The highest BCUT2D eigenvalue weighted by atomic mass is 32.2. The summed E-state index contributed by atoms with van der Waals surface area (Å²) in [5.41, 5.74) is 0. The van der Waals surface area contributed by atoms with Gasteiger partial charge in [0.1, 0.15) is 0 Å². The number of nitrogens with zero attached hydrogens (tertiary/aromatic N) is 2. The lowest BCUT2D eigenvalue weighted by molar-refractivity contribution is 0.440. The monoisotopic (exact) mass is 282 g/mol. The molecule has 0 radical (unpaired) electrons. The van der Waals surface area contributed by atoms with Crippen LogP contribution in [0.4, 0.5) is 6.01 Å². The van der Waals surface area contributed by atoms with Crippen molar-refractivity contribution in [2.45, 2.75) is 62.4 Å². The Balaban J connectivity index is 1.44. The van der Waals surface area contributed by atoms with Gasteiger partial charge in [-0.25, -0.2) is 0 Å². The molecule has 0 atom stereocenters. The number of thioether (sulfide) groups is 1. The van der Waals surface area contributed by atoms with E-state index in [4.69, 9.17) is 4.42 Å². The smallest absolute Gasteiger partial charge is 0.315 e. The largest absolute Gasteiger partial charge is 0.407 e. The lowest BCUT2D eigenvalue weighted by atomic mass is 9.95. The molecule has 6 heteroatoms. The average Bonchev–Trinajstić information content (AvgIpc) is 3.17. The Morgan fingerprint density at radius 3 is 2.53 bits per heavy atom. The van der Waals surface area contributed by atoms with Gasteiger partial charge in [-0.2, -0.15) is 11.8 Å². The third kappa shape index (κ3) is 3.86. The molecule has 2 fully saturated rings. The van der Waals surface area contributed by atoms with Crippen LogP contribution in [0.2, 0.25) is 0 Å². The quantitative estimate of drug-likeness (QED) is 0.835. The van der Waals surface area contributed by atoms with Crippen LogP contribution in [-0.4, -0.2) is 33.8 Å². The van der Waals surface area contributed by atoms with E-state index in [9.17, 15) is 0 Å². The first-order valence-electron chi connectivity index (χ1n) is 7.18. The van der Waals surface area contributed by atoms with Crippen LogP contribution in [0, 0.1) is 0 Å². The Kier molecular flexibility index (Phi) is 4.28. The van der Waals surface area contributed by atoms with E-state index >= 15 is 0 Å². The van der Waals surface area contributed by atoms with Crippen molar-refractivity contribution in [1.82, 2.24) is 15.5 Å². The van der Waals surface area contributed by atoms with Crippen LogP contribution >= 0.6 is 11.8 Å². The van der Waals surface area contributed by atoms with E-state index in [0.717, 1.165) is 5.25 Å². The summed E-state index contributed by atoms with van der Waals surface area (Å²) in [6.45, 7) is 0.693. The van der Waals surface area contributed by atoms with E-state index in [0.29, 0.717) is 30.5 Å². The summed E-state index contributed by atoms with van der Waals surface area (Å²) >= 11 is 1.99. The summed E-state index contributed by atoms with van der Waals surface area (Å²) in [4.78, 5) is 0. The second-order valence-corrected chi connectivity index (χ2v) is 6.65. The second kappa shape index (κ2) is 6.13. The molecule has 106 valence electrons. The first kappa shape index (κ1) is 13.2. The van der Waals surface area contributed by atoms with Gasteiger partial charge in [0.2, 0.25) is 5.89 Å². The van der Waals surface area contributed by atoms with Crippen molar-refractivity contribution in [1.29, 1.82) is 0 Å². The van der Waals surface area contributed by atoms with Gasteiger partial charge in [-0.1, -0.05) is 5.10 Å². The molecule has 2 aliphatic carbocycles. The third-order valence-electron chi connectivity index (χ3n) is 3.92. The molecule has 1 aromatic heterocycles. The van der Waals surface area contributed by atoms with E-state index in [1.165, 1.54) is 38.5 Å². The third-order valence-corrected chi connectivity index (χ3v) is 5.06. The Morgan fingerprint density at radius 1 is 1.11 bits per heavy atom. The average molecular weight is 282 g/mol. The fraction of sp³-hybridized carbons (Fsp3) is 0.846. The van der Waals surface area contributed by atoms with Gasteiger partial charge in [-0.15, -0.1) is 5.10 Å². The van der Waals surface area contributed by atoms with Crippen molar-refractivity contribution in [2.24, 2.45) is 0 Å². The summed E-state index contributed by atoms with van der Waals surface area (Å²) in [6.07, 6.45) is 9.71. The van der Waals surface area contributed by atoms with Gasteiger partial charge >= 0.3 is 6.01 Å². The zero-order chi connectivity index (χ0) is 13.1. The maximum atomic E-state index is 5.62. The second-order valence-electron chi connectivity index (χ2n) is 5.51. The molecule has 19 heavy (non-hydrogen) atoms. The molecule has 1 aromatic rings. The number of hydrogen-bond acceptors (Lipinski definition) is 6. The Hall–Kier alpha value is -0.750. The predicted molar refractivity (Wildman–Crippen MR) is 77.3 cm³/mol. The Labute approximate surface area is 118 Å². The van der Waals surface area contributed by atoms with Gasteiger partial charge in [-0.05, 0) is 44.8 Å². The zero-order valence-electron chi connectivity index (χ0n) is 11.4.